The monoisotopic (exact) mass is 537 g/mol. The zero-order valence-corrected chi connectivity index (χ0v) is 22.0. The van der Waals surface area contributed by atoms with Crippen molar-refractivity contribution in [2.24, 2.45) is 0 Å². The van der Waals surface area contributed by atoms with Crippen molar-refractivity contribution in [3.63, 3.8) is 0 Å². The summed E-state index contributed by atoms with van der Waals surface area (Å²) in [5, 5.41) is 3.45. The van der Waals surface area contributed by atoms with Crippen LogP contribution in [0.3, 0.4) is 0 Å². The summed E-state index contributed by atoms with van der Waals surface area (Å²) in [6, 6.07) is 12.5. The van der Waals surface area contributed by atoms with Crippen molar-refractivity contribution in [1.82, 2.24) is 14.9 Å². The van der Waals surface area contributed by atoms with Gasteiger partial charge in [0, 0.05) is 49.2 Å². The van der Waals surface area contributed by atoms with Crippen LogP contribution in [0.1, 0.15) is 24.8 Å². The van der Waals surface area contributed by atoms with Crippen molar-refractivity contribution >= 4 is 29.1 Å². The van der Waals surface area contributed by atoms with E-state index >= 15 is 0 Å². The number of carbonyl (C=O) groups excluding carboxylic acids is 1. The third-order valence-electron chi connectivity index (χ3n) is 6.43. The minimum atomic E-state index is -0.192. The quantitative estimate of drug-likeness (QED) is 0.511. The van der Waals surface area contributed by atoms with Crippen molar-refractivity contribution in [1.29, 1.82) is 0 Å². The first-order valence-corrected chi connectivity index (χ1v) is 13.4. The third-order valence-corrected chi connectivity index (χ3v) is 6.66. The second-order valence-corrected chi connectivity index (χ2v) is 9.78. The van der Waals surface area contributed by atoms with E-state index in [0.29, 0.717) is 60.9 Å². The summed E-state index contributed by atoms with van der Waals surface area (Å²) in [6.45, 7) is 4.43. The number of rotatable bonds is 3. The Morgan fingerprint density at radius 2 is 1.68 bits per heavy atom. The number of aromatic nitrogens is 2. The van der Waals surface area contributed by atoms with Crippen molar-refractivity contribution in [3.8, 4) is 17.2 Å². The zero-order valence-electron chi connectivity index (χ0n) is 21.3. The van der Waals surface area contributed by atoms with Gasteiger partial charge in [-0.2, -0.15) is 0 Å². The molecule has 200 valence electrons. The van der Waals surface area contributed by atoms with Crippen LogP contribution in [-0.2, 0) is 16.1 Å². The first-order chi connectivity index (χ1) is 18.6. The first-order valence-electron chi connectivity index (χ1n) is 13.0. The van der Waals surface area contributed by atoms with Gasteiger partial charge in [-0.3, -0.25) is 9.69 Å². The third kappa shape index (κ3) is 7.12. The molecule has 5 rings (SSSR count). The molecule has 1 amide bonds. The Bertz CT molecular complexity index is 1220. The molecule has 10 heteroatoms. The van der Waals surface area contributed by atoms with Gasteiger partial charge < -0.3 is 24.4 Å². The molecular weight excluding hydrogens is 506 g/mol. The van der Waals surface area contributed by atoms with Crippen LogP contribution in [0.5, 0.6) is 17.2 Å². The summed E-state index contributed by atoms with van der Waals surface area (Å²) in [7, 11) is 0. The number of nitrogens with zero attached hydrogens (tertiary/aromatic N) is 4. The second-order valence-electron chi connectivity index (χ2n) is 9.35. The minimum Gasteiger partial charge on any atom is -0.487 e. The molecule has 0 saturated carbocycles. The number of carbonyl (C=O) groups is 1. The Hall–Kier alpha value is -3.40. The van der Waals surface area contributed by atoms with Crippen molar-refractivity contribution in [2.75, 3.05) is 56.2 Å². The molecule has 0 spiro atoms. The van der Waals surface area contributed by atoms with Crippen LogP contribution in [0, 0.1) is 0 Å². The highest BCUT2D eigenvalue weighted by Crippen LogP contribution is 2.36. The van der Waals surface area contributed by atoms with E-state index < -0.39 is 0 Å². The number of fused-ring (bicyclic) bond motifs is 2. The number of anilines is 2. The van der Waals surface area contributed by atoms with Gasteiger partial charge in [0.2, 0.25) is 11.9 Å². The standard InChI is InChI=1S/C28H32ClN5O4/c29-22-8-9-24-23(16-22)32-27(35)20-33(12-13-36-14-15-37-25-6-2-3-7-26(25)38-24)19-21-17-30-28(31-18-21)34-10-4-1-5-11-34/h2-3,6-9,16-18H,1,4-5,10-15,19-20H2,(H,32,35). The van der Waals surface area contributed by atoms with E-state index in [2.05, 4.69) is 20.2 Å². The lowest BCUT2D eigenvalue weighted by molar-refractivity contribution is -0.117. The number of hydrogen-bond acceptors (Lipinski definition) is 8. The van der Waals surface area contributed by atoms with Gasteiger partial charge in [0.25, 0.3) is 0 Å². The molecule has 0 radical (unpaired) electrons. The molecular formula is C28H32ClN5O4. The lowest BCUT2D eigenvalue weighted by atomic mass is 10.1. The number of amides is 1. The molecule has 1 fully saturated rings. The van der Waals surface area contributed by atoms with Crippen LogP contribution in [0.15, 0.2) is 54.9 Å². The lowest BCUT2D eigenvalue weighted by Crippen LogP contribution is -2.35. The highest BCUT2D eigenvalue weighted by molar-refractivity contribution is 6.31. The number of ether oxygens (including phenoxy) is 3. The molecule has 2 aliphatic rings. The first kappa shape index (κ1) is 26.2. The predicted octanol–water partition coefficient (Wildman–Crippen LogP) is 4.76. The molecule has 2 aliphatic heterocycles. The molecule has 0 unspecified atom stereocenters. The van der Waals surface area contributed by atoms with Gasteiger partial charge in [-0.05, 0) is 49.6 Å². The largest absolute Gasteiger partial charge is 0.487 e. The molecule has 0 atom stereocenters. The lowest BCUT2D eigenvalue weighted by Gasteiger charge is -2.26. The van der Waals surface area contributed by atoms with E-state index in [1.165, 1.54) is 19.3 Å². The molecule has 1 saturated heterocycles. The van der Waals surface area contributed by atoms with Crippen LogP contribution < -0.4 is 19.7 Å². The molecule has 3 heterocycles. The maximum absolute atomic E-state index is 13.1. The molecule has 38 heavy (non-hydrogen) atoms. The second kappa shape index (κ2) is 12.9. The molecule has 9 nitrogen and oxygen atoms in total. The fourth-order valence-corrected chi connectivity index (χ4v) is 4.69. The predicted molar refractivity (Wildman–Crippen MR) is 146 cm³/mol. The van der Waals surface area contributed by atoms with Gasteiger partial charge in [0.1, 0.15) is 6.61 Å². The van der Waals surface area contributed by atoms with Crippen molar-refractivity contribution in [2.45, 2.75) is 25.8 Å². The van der Waals surface area contributed by atoms with E-state index in [4.69, 9.17) is 25.8 Å². The summed E-state index contributed by atoms with van der Waals surface area (Å²) in [6.07, 6.45) is 7.29. The minimum absolute atomic E-state index is 0.149. The number of hydrogen-bond donors (Lipinski definition) is 1. The summed E-state index contributed by atoms with van der Waals surface area (Å²) in [5.41, 5.74) is 1.42. The Morgan fingerprint density at radius 1 is 0.895 bits per heavy atom. The van der Waals surface area contributed by atoms with E-state index in [1.54, 1.807) is 18.2 Å². The molecule has 1 N–H and O–H groups in total. The maximum atomic E-state index is 13.1. The highest BCUT2D eigenvalue weighted by atomic mass is 35.5. The Balaban J connectivity index is 1.31. The summed E-state index contributed by atoms with van der Waals surface area (Å²) >= 11 is 6.25. The topological polar surface area (TPSA) is 89.1 Å². The van der Waals surface area contributed by atoms with Crippen LogP contribution in [0.25, 0.3) is 0 Å². The number of benzene rings is 2. The van der Waals surface area contributed by atoms with Crippen molar-refractivity contribution in [3.05, 3.63) is 65.4 Å². The SMILES string of the molecule is O=C1CN(Cc2cnc(N3CCCCC3)nc2)CCOCCOc2ccccc2Oc2ccc(Cl)cc2N1. The summed E-state index contributed by atoms with van der Waals surface area (Å²) < 4.78 is 17.9. The normalized spacial score (nSPS) is 17.6. The zero-order chi connectivity index (χ0) is 26.2. The van der Waals surface area contributed by atoms with Crippen molar-refractivity contribution < 1.29 is 19.0 Å². The average Bonchev–Trinajstić information content (AvgIpc) is 2.93. The fraction of sp³-hybridized carbons (Fsp3) is 0.393. The Labute approximate surface area is 227 Å². The average molecular weight is 538 g/mol. The smallest absolute Gasteiger partial charge is 0.238 e. The number of piperidine rings is 1. The van der Waals surface area contributed by atoms with E-state index in [0.717, 1.165) is 24.6 Å². The van der Waals surface area contributed by atoms with E-state index in [-0.39, 0.29) is 12.5 Å². The number of nitrogens with one attached hydrogen (secondary N) is 1. The highest BCUT2D eigenvalue weighted by Gasteiger charge is 2.18. The van der Waals surface area contributed by atoms with Gasteiger partial charge in [0.05, 0.1) is 25.4 Å². The van der Waals surface area contributed by atoms with Gasteiger partial charge in [-0.25, -0.2) is 9.97 Å². The summed E-state index contributed by atoms with van der Waals surface area (Å²) in [4.78, 5) is 26.6. The molecule has 3 aromatic rings. The molecule has 2 aromatic carbocycles. The van der Waals surface area contributed by atoms with Gasteiger partial charge in [-0.15, -0.1) is 0 Å². The van der Waals surface area contributed by atoms with Crippen LogP contribution >= 0.6 is 11.6 Å². The van der Waals surface area contributed by atoms with E-state index in [1.807, 2.05) is 41.6 Å². The molecule has 0 aliphatic carbocycles. The van der Waals surface area contributed by atoms with Gasteiger partial charge in [-0.1, -0.05) is 23.7 Å². The maximum Gasteiger partial charge on any atom is 0.238 e. The fourth-order valence-electron chi connectivity index (χ4n) is 4.52. The molecule has 0 bridgehead atoms. The van der Waals surface area contributed by atoms with Crippen LogP contribution in [0.4, 0.5) is 11.6 Å². The van der Waals surface area contributed by atoms with E-state index in [9.17, 15) is 4.79 Å². The number of halogens is 1. The number of para-hydroxylation sites is 2. The Kier molecular flexibility index (Phi) is 8.90. The molecule has 1 aromatic heterocycles. The van der Waals surface area contributed by atoms with Crippen LogP contribution in [-0.4, -0.2) is 66.8 Å². The summed E-state index contributed by atoms with van der Waals surface area (Å²) in [5.74, 6) is 2.17. The van der Waals surface area contributed by atoms with Gasteiger partial charge >= 0.3 is 0 Å². The van der Waals surface area contributed by atoms with Gasteiger partial charge in [0.15, 0.2) is 17.2 Å². The van der Waals surface area contributed by atoms with Crippen LogP contribution in [0.2, 0.25) is 5.02 Å². The Morgan fingerprint density at radius 3 is 2.50 bits per heavy atom.